The van der Waals surface area contributed by atoms with Gasteiger partial charge in [-0.3, -0.25) is 4.79 Å². The molecule has 1 aromatic heterocycles. The van der Waals surface area contributed by atoms with E-state index in [1.54, 1.807) is 7.05 Å². The van der Waals surface area contributed by atoms with Crippen molar-refractivity contribution in [1.29, 1.82) is 0 Å². The fourth-order valence-corrected chi connectivity index (χ4v) is 1.71. The van der Waals surface area contributed by atoms with E-state index in [9.17, 15) is 13.6 Å². The summed E-state index contributed by atoms with van der Waals surface area (Å²) in [7, 11) is 1.59. The summed E-state index contributed by atoms with van der Waals surface area (Å²) < 4.78 is 24.5. The Morgan fingerprint density at radius 1 is 1.56 bits per heavy atom. The Kier molecular flexibility index (Phi) is 4.11. The summed E-state index contributed by atoms with van der Waals surface area (Å²) in [4.78, 5) is 12.1. The molecule has 1 N–H and O–H groups in total. The topological polar surface area (TPSA) is 66.3 Å². The molecule has 0 saturated carbocycles. The molecule has 1 aromatic rings. The predicted octanol–water partition coefficient (Wildman–Crippen LogP) is 1.63. The lowest BCUT2D eigenvalue weighted by atomic mass is 10.2. The molecule has 0 amide bonds. The molecule has 8 heteroatoms. The van der Waals surface area contributed by atoms with Gasteiger partial charge in [-0.15, -0.1) is 10.2 Å². The Hall–Kier alpha value is -1.31. The maximum absolute atomic E-state index is 12.2. The van der Waals surface area contributed by atoms with Gasteiger partial charge in [-0.1, -0.05) is 18.3 Å². The first-order valence-corrected chi connectivity index (χ1v) is 5.29. The number of aliphatic carboxylic acids is 1. The quantitative estimate of drug-likeness (QED) is 0.861. The molecule has 0 fully saturated rings. The molecular formula is C8H11F2N3O2S. The van der Waals surface area contributed by atoms with Gasteiger partial charge in [0.2, 0.25) is 5.13 Å². The second kappa shape index (κ2) is 5.15. The van der Waals surface area contributed by atoms with Crippen molar-refractivity contribution in [2.24, 2.45) is 5.92 Å². The summed E-state index contributed by atoms with van der Waals surface area (Å²) in [6.07, 6.45) is -2.64. The van der Waals surface area contributed by atoms with Gasteiger partial charge in [0.05, 0.1) is 5.92 Å². The molecule has 16 heavy (non-hydrogen) atoms. The molecule has 0 bridgehead atoms. The lowest BCUT2D eigenvalue weighted by Gasteiger charge is -2.17. The zero-order valence-corrected chi connectivity index (χ0v) is 9.54. The highest BCUT2D eigenvalue weighted by Crippen LogP contribution is 2.27. The van der Waals surface area contributed by atoms with E-state index in [1.165, 1.54) is 11.8 Å². The number of hydrogen-bond donors (Lipinski definition) is 1. The van der Waals surface area contributed by atoms with E-state index in [0.29, 0.717) is 5.13 Å². The smallest absolute Gasteiger partial charge is 0.308 e. The van der Waals surface area contributed by atoms with Crippen LogP contribution in [-0.2, 0) is 4.79 Å². The van der Waals surface area contributed by atoms with Gasteiger partial charge >= 0.3 is 5.97 Å². The second-order valence-electron chi connectivity index (χ2n) is 3.34. The van der Waals surface area contributed by atoms with Crippen LogP contribution in [0.5, 0.6) is 0 Å². The largest absolute Gasteiger partial charge is 0.481 e. The first-order valence-electron chi connectivity index (χ1n) is 4.47. The molecule has 0 spiro atoms. The summed E-state index contributed by atoms with van der Waals surface area (Å²) >= 11 is 0.764. The van der Waals surface area contributed by atoms with Crippen LogP contribution in [0.2, 0.25) is 0 Å². The standard InChI is InChI=1S/C8H11F2N3O2S/c1-4(7(14)15)3-13(2)8-12-11-6(16-8)5(9)10/h4-5H,3H2,1-2H3,(H,14,15). The normalized spacial score (nSPS) is 12.8. The van der Waals surface area contributed by atoms with Crippen molar-refractivity contribution < 1.29 is 18.7 Å². The molecule has 1 atom stereocenters. The lowest BCUT2D eigenvalue weighted by molar-refractivity contribution is -0.140. The fraction of sp³-hybridized carbons (Fsp3) is 0.625. The summed E-state index contributed by atoms with van der Waals surface area (Å²) in [6, 6.07) is 0. The van der Waals surface area contributed by atoms with Gasteiger partial charge in [0, 0.05) is 13.6 Å². The summed E-state index contributed by atoms with van der Waals surface area (Å²) in [5.74, 6) is -1.53. The van der Waals surface area contributed by atoms with Crippen LogP contribution in [-0.4, -0.2) is 34.9 Å². The number of hydrogen-bond acceptors (Lipinski definition) is 5. The molecule has 5 nitrogen and oxygen atoms in total. The number of aromatic nitrogens is 2. The summed E-state index contributed by atoms with van der Waals surface area (Å²) in [6.45, 7) is 1.74. The van der Waals surface area contributed by atoms with Crippen LogP contribution in [0, 0.1) is 5.92 Å². The number of carbonyl (C=O) groups is 1. The first kappa shape index (κ1) is 12.8. The molecule has 0 saturated heterocycles. The van der Waals surface area contributed by atoms with Gasteiger partial charge in [0.25, 0.3) is 6.43 Å². The minimum Gasteiger partial charge on any atom is -0.481 e. The SMILES string of the molecule is CC(CN(C)c1nnc(C(F)F)s1)C(=O)O. The number of carboxylic acid groups (broad SMARTS) is 1. The van der Waals surface area contributed by atoms with Crippen molar-refractivity contribution in [3.8, 4) is 0 Å². The van der Waals surface area contributed by atoms with E-state index in [0.717, 1.165) is 11.3 Å². The average Bonchev–Trinajstić information content (AvgIpc) is 2.65. The predicted molar refractivity (Wildman–Crippen MR) is 54.9 cm³/mol. The van der Waals surface area contributed by atoms with Crippen molar-refractivity contribution >= 4 is 22.4 Å². The van der Waals surface area contributed by atoms with Gasteiger partial charge in [0.1, 0.15) is 0 Å². The molecule has 0 aromatic carbocycles. The number of alkyl halides is 2. The van der Waals surface area contributed by atoms with Gasteiger partial charge in [-0.25, -0.2) is 8.78 Å². The van der Waals surface area contributed by atoms with Crippen LogP contribution in [0.15, 0.2) is 0 Å². The van der Waals surface area contributed by atoms with Crippen molar-refractivity contribution in [1.82, 2.24) is 10.2 Å². The monoisotopic (exact) mass is 251 g/mol. The number of rotatable bonds is 5. The van der Waals surface area contributed by atoms with Crippen LogP contribution in [0.4, 0.5) is 13.9 Å². The molecule has 90 valence electrons. The van der Waals surface area contributed by atoms with Gasteiger partial charge in [-0.05, 0) is 0 Å². The zero-order chi connectivity index (χ0) is 12.3. The maximum atomic E-state index is 12.2. The van der Waals surface area contributed by atoms with Crippen LogP contribution < -0.4 is 4.90 Å². The lowest BCUT2D eigenvalue weighted by Crippen LogP contribution is -2.28. The van der Waals surface area contributed by atoms with Crippen molar-refractivity contribution in [2.75, 3.05) is 18.5 Å². The van der Waals surface area contributed by atoms with E-state index in [2.05, 4.69) is 10.2 Å². The van der Waals surface area contributed by atoms with Crippen LogP contribution in [0.25, 0.3) is 0 Å². The van der Waals surface area contributed by atoms with Crippen molar-refractivity contribution in [2.45, 2.75) is 13.3 Å². The summed E-state index contributed by atoms with van der Waals surface area (Å²) in [5.41, 5.74) is 0. The van der Waals surface area contributed by atoms with Crippen molar-refractivity contribution in [3.63, 3.8) is 0 Å². The highest BCUT2D eigenvalue weighted by molar-refractivity contribution is 7.15. The zero-order valence-electron chi connectivity index (χ0n) is 8.72. The molecule has 0 radical (unpaired) electrons. The third kappa shape index (κ3) is 3.09. The van der Waals surface area contributed by atoms with Gasteiger partial charge in [0.15, 0.2) is 5.01 Å². The van der Waals surface area contributed by atoms with Crippen LogP contribution >= 0.6 is 11.3 Å². The fourth-order valence-electron chi connectivity index (χ4n) is 1.04. The Labute approximate surface area is 94.7 Å². The van der Waals surface area contributed by atoms with Crippen molar-refractivity contribution in [3.05, 3.63) is 5.01 Å². The molecule has 1 rings (SSSR count). The highest BCUT2D eigenvalue weighted by atomic mass is 32.1. The average molecular weight is 251 g/mol. The second-order valence-corrected chi connectivity index (χ2v) is 4.33. The Balaban J connectivity index is 2.65. The molecule has 0 aliphatic carbocycles. The number of carboxylic acids is 1. The van der Waals surface area contributed by atoms with Crippen LogP contribution in [0.1, 0.15) is 18.4 Å². The van der Waals surface area contributed by atoms with E-state index >= 15 is 0 Å². The first-order chi connectivity index (χ1) is 7.41. The minimum atomic E-state index is -2.64. The number of halogens is 2. The van der Waals surface area contributed by atoms with E-state index in [4.69, 9.17) is 5.11 Å². The highest BCUT2D eigenvalue weighted by Gasteiger charge is 2.19. The molecular weight excluding hydrogens is 240 g/mol. The Morgan fingerprint density at radius 3 is 2.62 bits per heavy atom. The van der Waals surface area contributed by atoms with Gasteiger partial charge < -0.3 is 10.0 Å². The van der Waals surface area contributed by atoms with E-state index < -0.39 is 18.3 Å². The summed E-state index contributed by atoms with van der Waals surface area (Å²) in [5, 5.41) is 15.5. The number of nitrogens with zero attached hydrogens (tertiary/aromatic N) is 3. The third-order valence-corrected chi connectivity index (χ3v) is 2.96. The third-order valence-electron chi connectivity index (χ3n) is 1.91. The Morgan fingerprint density at radius 2 is 2.19 bits per heavy atom. The van der Waals surface area contributed by atoms with Gasteiger partial charge in [-0.2, -0.15) is 0 Å². The maximum Gasteiger partial charge on any atom is 0.308 e. The molecule has 1 unspecified atom stereocenters. The Bertz CT molecular complexity index is 372. The van der Waals surface area contributed by atoms with Crippen LogP contribution in [0.3, 0.4) is 0 Å². The molecule has 1 heterocycles. The van der Waals surface area contributed by atoms with E-state index in [-0.39, 0.29) is 11.6 Å². The molecule has 0 aliphatic heterocycles. The molecule has 0 aliphatic rings. The minimum absolute atomic E-state index is 0.202. The number of anilines is 1. The van der Waals surface area contributed by atoms with E-state index in [1.807, 2.05) is 0 Å².